The molecule has 1 heterocycles. The van der Waals surface area contributed by atoms with E-state index in [1.807, 2.05) is 0 Å². The van der Waals surface area contributed by atoms with Crippen LogP contribution in [0.25, 0.3) is 5.69 Å². The first-order valence-electron chi connectivity index (χ1n) is 4.67. The van der Waals surface area contributed by atoms with Crippen LogP contribution in [0.15, 0.2) is 36.7 Å². The molecule has 0 saturated carbocycles. The van der Waals surface area contributed by atoms with E-state index in [0.29, 0.717) is 5.69 Å². The van der Waals surface area contributed by atoms with E-state index in [9.17, 15) is 13.2 Å². The lowest BCUT2D eigenvalue weighted by atomic mass is 10.1. The highest BCUT2D eigenvalue weighted by atomic mass is 19.4. The standard InChI is InChI=1S/C11H9F3N2/c1-8-9(11(12,13)14)4-2-5-10(8)16-7-3-6-15-16/h2-7H,1H3. The van der Waals surface area contributed by atoms with E-state index < -0.39 is 11.7 Å². The van der Waals surface area contributed by atoms with Crippen molar-refractivity contribution in [3.8, 4) is 5.69 Å². The molecule has 1 aromatic carbocycles. The van der Waals surface area contributed by atoms with Crippen LogP contribution in [0, 0.1) is 6.92 Å². The molecule has 2 aromatic rings. The summed E-state index contributed by atoms with van der Waals surface area (Å²) in [6.45, 7) is 1.44. The average Bonchev–Trinajstić information content (AvgIpc) is 2.69. The Kier molecular flexibility index (Phi) is 2.46. The minimum absolute atomic E-state index is 0.179. The van der Waals surface area contributed by atoms with Crippen molar-refractivity contribution in [3.63, 3.8) is 0 Å². The van der Waals surface area contributed by atoms with Crippen molar-refractivity contribution in [2.24, 2.45) is 0 Å². The highest BCUT2D eigenvalue weighted by Gasteiger charge is 2.33. The summed E-state index contributed by atoms with van der Waals surface area (Å²) in [5, 5.41) is 3.92. The van der Waals surface area contributed by atoms with Crippen LogP contribution in [0.3, 0.4) is 0 Å². The van der Waals surface area contributed by atoms with Crippen LogP contribution >= 0.6 is 0 Å². The van der Waals surface area contributed by atoms with E-state index in [1.165, 1.54) is 23.9 Å². The van der Waals surface area contributed by atoms with E-state index in [4.69, 9.17) is 0 Å². The Morgan fingerprint density at radius 3 is 2.50 bits per heavy atom. The summed E-state index contributed by atoms with van der Waals surface area (Å²) in [7, 11) is 0. The van der Waals surface area contributed by atoms with Gasteiger partial charge in [0.2, 0.25) is 0 Å². The molecular weight excluding hydrogens is 217 g/mol. The summed E-state index contributed by atoms with van der Waals surface area (Å²) in [5.41, 5.74) is -0.000903. The molecule has 0 aliphatic rings. The van der Waals surface area contributed by atoms with Crippen molar-refractivity contribution in [2.45, 2.75) is 13.1 Å². The van der Waals surface area contributed by atoms with E-state index in [1.54, 1.807) is 18.3 Å². The summed E-state index contributed by atoms with van der Waals surface area (Å²) in [5.74, 6) is 0. The van der Waals surface area contributed by atoms with Crippen molar-refractivity contribution < 1.29 is 13.2 Å². The minimum atomic E-state index is -4.33. The summed E-state index contributed by atoms with van der Waals surface area (Å²) in [6, 6.07) is 5.73. The molecule has 0 N–H and O–H groups in total. The maximum Gasteiger partial charge on any atom is 0.416 e. The highest BCUT2D eigenvalue weighted by molar-refractivity contribution is 5.45. The lowest BCUT2D eigenvalue weighted by Crippen LogP contribution is -2.10. The van der Waals surface area contributed by atoms with Gasteiger partial charge in [-0.15, -0.1) is 0 Å². The van der Waals surface area contributed by atoms with Crippen LogP contribution in [-0.2, 0) is 6.18 Å². The Balaban J connectivity index is 2.58. The van der Waals surface area contributed by atoms with Crippen molar-refractivity contribution in [2.75, 3.05) is 0 Å². The Hall–Kier alpha value is -1.78. The molecule has 0 aliphatic carbocycles. The maximum atomic E-state index is 12.6. The number of hydrogen-bond donors (Lipinski definition) is 0. The zero-order valence-electron chi connectivity index (χ0n) is 8.49. The van der Waals surface area contributed by atoms with Gasteiger partial charge in [0.15, 0.2) is 0 Å². The molecule has 0 spiro atoms. The first kappa shape index (κ1) is 10.7. The molecule has 16 heavy (non-hydrogen) atoms. The third-order valence-electron chi connectivity index (χ3n) is 2.36. The second-order valence-electron chi connectivity index (χ2n) is 3.40. The van der Waals surface area contributed by atoms with Gasteiger partial charge in [0.25, 0.3) is 0 Å². The zero-order valence-corrected chi connectivity index (χ0v) is 8.49. The van der Waals surface area contributed by atoms with Crippen LogP contribution in [-0.4, -0.2) is 9.78 Å². The second kappa shape index (κ2) is 3.66. The van der Waals surface area contributed by atoms with Crippen LogP contribution in [0.4, 0.5) is 13.2 Å². The monoisotopic (exact) mass is 226 g/mol. The van der Waals surface area contributed by atoms with Gasteiger partial charge in [0.05, 0.1) is 11.3 Å². The fourth-order valence-corrected chi connectivity index (χ4v) is 1.59. The number of rotatable bonds is 1. The van der Waals surface area contributed by atoms with Crippen LogP contribution in [0.1, 0.15) is 11.1 Å². The first-order valence-corrected chi connectivity index (χ1v) is 4.67. The lowest BCUT2D eigenvalue weighted by Gasteiger charge is -2.13. The quantitative estimate of drug-likeness (QED) is 0.730. The normalized spacial score (nSPS) is 11.8. The number of aromatic nitrogens is 2. The lowest BCUT2D eigenvalue weighted by molar-refractivity contribution is -0.138. The van der Waals surface area contributed by atoms with Gasteiger partial charge >= 0.3 is 6.18 Å². The molecule has 0 saturated heterocycles. The maximum absolute atomic E-state index is 12.6. The van der Waals surface area contributed by atoms with Crippen LogP contribution in [0.5, 0.6) is 0 Å². The number of alkyl halides is 3. The van der Waals surface area contributed by atoms with E-state index in [-0.39, 0.29) is 5.56 Å². The predicted octanol–water partition coefficient (Wildman–Crippen LogP) is 3.20. The highest BCUT2D eigenvalue weighted by Crippen LogP contribution is 2.33. The van der Waals surface area contributed by atoms with Crippen molar-refractivity contribution in [3.05, 3.63) is 47.8 Å². The molecule has 0 atom stereocenters. The summed E-state index contributed by atoms with van der Waals surface area (Å²) in [4.78, 5) is 0. The SMILES string of the molecule is Cc1c(-n2cccn2)cccc1C(F)(F)F. The van der Waals surface area contributed by atoms with Gasteiger partial charge in [0, 0.05) is 12.4 Å². The molecule has 0 unspecified atom stereocenters. The number of benzene rings is 1. The van der Waals surface area contributed by atoms with Gasteiger partial charge < -0.3 is 0 Å². The summed E-state index contributed by atoms with van der Waals surface area (Å²) in [6.07, 6.45) is -1.19. The molecule has 0 amide bonds. The molecule has 0 bridgehead atoms. The van der Waals surface area contributed by atoms with E-state index >= 15 is 0 Å². The van der Waals surface area contributed by atoms with Gasteiger partial charge in [-0.1, -0.05) is 6.07 Å². The van der Waals surface area contributed by atoms with Crippen LogP contribution < -0.4 is 0 Å². The van der Waals surface area contributed by atoms with Crippen molar-refractivity contribution in [1.29, 1.82) is 0 Å². The molecule has 0 fully saturated rings. The Labute approximate surface area is 90.3 Å². The summed E-state index contributed by atoms with van der Waals surface area (Å²) >= 11 is 0. The van der Waals surface area contributed by atoms with Crippen LogP contribution in [0.2, 0.25) is 0 Å². The topological polar surface area (TPSA) is 17.8 Å². The largest absolute Gasteiger partial charge is 0.416 e. The van der Waals surface area contributed by atoms with Crippen molar-refractivity contribution in [1.82, 2.24) is 9.78 Å². The van der Waals surface area contributed by atoms with Gasteiger partial charge in [-0.2, -0.15) is 18.3 Å². The average molecular weight is 226 g/mol. The Morgan fingerprint density at radius 1 is 1.19 bits per heavy atom. The van der Waals surface area contributed by atoms with E-state index in [0.717, 1.165) is 6.07 Å². The first-order chi connectivity index (χ1) is 7.50. The fraction of sp³-hybridized carbons (Fsp3) is 0.182. The van der Waals surface area contributed by atoms with Crippen molar-refractivity contribution >= 4 is 0 Å². The van der Waals surface area contributed by atoms with Gasteiger partial charge in [-0.3, -0.25) is 0 Å². The second-order valence-corrected chi connectivity index (χ2v) is 3.40. The molecule has 5 heteroatoms. The number of hydrogen-bond acceptors (Lipinski definition) is 1. The molecule has 2 rings (SSSR count). The number of halogens is 3. The Bertz CT molecular complexity index is 486. The molecule has 2 nitrogen and oxygen atoms in total. The smallest absolute Gasteiger partial charge is 0.241 e. The van der Waals surface area contributed by atoms with Gasteiger partial charge in [0.1, 0.15) is 0 Å². The fourth-order valence-electron chi connectivity index (χ4n) is 1.59. The zero-order chi connectivity index (χ0) is 11.8. The minimum Gasteiger partial charge on any atom is -0.241 e. The molecular formula is C11H9F3N2. The van der Waals surface area contributed by atoms with E-state index in [2.05, 4.69) is 5.10 Å². The van der Waals surface area contributed by atoms with Gasteiger partial charge in [-0.05, 0) is 30.7 Å². The molecule has 0 radical (unpaired) electrons. The summed E-state index contributed by atoms with van der Waals surface area (Å²) < 4.78 is 39.3. The predicted molar refractivity (Wildman–Crippen MR) is 53.3 cm³/mol. The third-order valence-corrected chi connectivity index (χ3v) is 2.36. The van der Waals surface area contributed by atoms with Gasteiger partial charge in [-0.25, -0.2) is 4.68 Å². The third kappa shape index (κ3) is 1.80. The molecule has 0 aliphatic heterocycles. The Morgan fingerprint density at radius 2 is 1.94 bits per heavy atom. The molecule has 84 valence electrons. The molecule has 1 aromatic heterocycles. The number of nitrogens with zero attached hydrogens (tertiary/aromatic N) is 2.